The van der Waals surface area contributed by atoms with Crippen LogP contribution in [0.2, 0.25) is 0 Å². The summed E-state index contributed by atoms with van der Waals surface area (Å²) < 4.78 is 0. The summed E-state index contributed by atoms with van der Waals surface area (Å²) in [7, 11) is 3.73. The molecule has 26 heavy (non-hydrogen) atoms. The third-order valence-electron chi connectivity index (χ3n) is 3.46. The van der Waals surface area contributed by atoms with E-state index >= 15 is 0 Å². The molecular formula is C17H18N4O4S. The predicted molar refractivity (Wildman–Crippen MR) is 102 cm³/mol. The molecule has 0 saturated heterocycles. The number of hydrogen-bond donors (Lipinski definition) is 2. The van der Waals surface area contributed by atoms with Crippen LogP contribution >= 0.6 is 11.8 Å². The Kier molecular flexibility index (Phi) is 6.18. The molecule has 0 unspecified atom stereocenters. The number of benzene rings is 2. The Morgan fingerprint density at radius 3 is 2.54 bits per heavy atom. The lowest BCUT2D eigenvalue weighted by atomic mass is 10.2. The molecule has 0 atom stereocenters. The fourth-order valence-electron chi connectivity index (χ4n) is 2.23. The van der Waals surface area contributed by atoms with Crippen molar-refractivity contribution in [1.82, 2.24) is 0 Å². The molecule has 3 N–H and O–H groups in total. The first-order valence-corrected chi connectivity index (χ1v) is 8.55. The standard InChI is InChI=1S/C17H18N4O4S/c1-20(2)13-6-4-3-5-12(13)19-16(22)10-26-15-8-7-11(17(18)23)9-14(15)21(24)25/h3-9H,10H2,1-2H3,(H2,18,23)(H,19,22). The van der Waals surface area contributed by atoms with Gasteiger partial charge in [-0.3, -0.25) is 19.7 Å². The summed E-state index contributed by atoms with van der Waals surface area (Å²) in [6, 6.07) is 11.3. The van der Waals surface area contributed by atoms with Gasteiger partial charge in [-0.2, -0.15) is 0 Å². The molecule has 136 valence electrons. The number of rotatable bonds is 7. The molecule has 0 fully saturated rings. The molecule has 0 bridgehead atoms. The van der Waals surface area contributed by atoms with Gasteiger partial charge in [0.1, 0.15) is 0 Å². The van der Waals surface area contributed by atoms with Crippen molar-refractivity contribution in [2.24, 2.45) is 5.73 Å². The van der Waals surface area contributed by atoms with Gasteiger partial charge in [-0.25, -0.2) is 0 Å². The molecule has 0 saturated carbocycles. The van der Waals surface area contributed by atoms with E-state index < -0.39 is 10.8 Å². The minimum Gasteiger partial charge on any atom is -0.376 e. The lowest BCUT2D eigenvalue weighted by Gasteiger charge is -2.17. The number of carbonyl (C=O) groups excluding carboxylic acids is 2. The quantitative estimate of drug-likeness (QED) is 0.437. The molecule has 2 aromatic rings. The maximum Gasteiger partial charge on any atom is 0.283 e. The lowest BCUT2D eigenvalue weighted by Crippen LogP contribution is -2.18. The molecule has 2 amide bonds. The molecule has 9 heteroatoms. The molecule has 0 radical (unpaired) electrons. The lowest BCUT2D eigenvalue weighted by molar-refractivity contribution is -0.387. The van der Waals surface area contributed by atoms with Crippen molar-refractivity contribution in [2.75, 3.05) is 30.1 Å². The summed E-state index contributed by atoms with van der Waals surface area (Å²) in [5, 5.41) is 14.0. The molecule has 0 aliphatic carbocycles. The normalized spacial score (nSPS) is 10.2. The zero-order chi connectivity index (χ0) is 19.3. The predicted octanol–water partition coefficient (Wildman–Crippen LogP) is 2.49. The number of nitrogens with two attached hydrogens (primary N) is 1. The Labute approximate surface area is 154 Å². The van der Waals surface area contributed by atoms with Gasteiger partial charge in [-0.15, -0.1) is 11.8 Å². The van der Waals surface area contributed by atoms with E-state index in [2.05, 4.69) is 5.32 Å². The highest BCUT2D eigenvalue weighted by atomic mass is 32.2. The first-order chi connectivity index (χ1) is 12.3. The Morgan fingerprint density at radius 2 is 1.92 bits per heavy atom. The van der Waals surface area contributed by atoms with Crippen LogP contribution in [0.25, 0.3) is 0 Å². The van der Waals surface area contributed by atoms with Crippen LogP contribution in [0.15, 0.2) is 47.4 Å². The number of para-hydroxylation sites is 2. The highest BCUT2D eigenvalue weighted by Gasteiger charge is 2.18. The van der Waals surface area contributed by atoms with Gasteiger partial charge in [0.05, 0.1) is 26.9 Å². The summed E-state index contributed by atoms with van der Waals surface area (Å²) in [4.78, 5) is 36.1. The van der Waals surface area contributed by atoms with E-state index in [-0.39, 0.29) is 27.8 Å². The van der Waals surface area contributed by atoms with E-state index in [9.17, 15) is 19.7 Å². The zero-order valence-electron chi connectivity index (χ0n) is 14.3. The van der Waals surface area contributed by atoms with E-state index in [1.807, 2.05) is 37.2 Å². The average molecular weight is 374 g/mol. The molecule has 2 aromatic carbocycles. The van der Waals surface area contributed by atoms with Crippen LogP contribution in [0.3, 0.4) is 0 Å². The number of nitro groups is 1. The van der Waals surface area contributed by atoms with E-state index in [1.54, 1.807) is 6.07 Å². The number of nitrogens with zero attached hydrogens (tertiary/aromatic N) is 2. The second-order valence-electron chi connectivity index (χ2n) is 5.55. The number of anilines is 2. The van der Waals surface area contributed by atoms with E-state index in [0.29, 0.717) is 5.69 Å². The fraction of sp³-hybridized carbons (Fsp3) is 0.176. The van der Waals surface area contributed by atoms with Crippen molar-refractivity contribution in [3.05, 3.63) is 58.1 Å². The SMILES string of the molecule is CN(C)c1ccccc1NC(=O)CSc1ccc(C(N)=O)cc1[N+](=O)[O-]. The second kappa shape index (κ2) is 8.34. The van der Waals surface area contributed by atoms with E-state index in [4.69, 9.17) is 5.73 Å². The highest BCUT2D eigenvalue weighted by molar-refractivity contribution is 8.00. The van der Waals surface area contributed by atoms with E-state index in [1.165, 1.54) is 12.1 Å². The van der Waals surface area contributed by atoms with Crippen molar-refractivity contribution < 1.29 is 14.5 Å². The van der Waals surface area contributed by atoms with Gasteiger partial charge in [-0.1, -0.05) is 12.1 Å². The van der Waals surface area contributed by atoms with Crippen molar-refractivity contribution in [1.29, 1.82) is 0 Å². The number of hydrogen-bond acceptors (Lipinski definition) is 6. The molecule has 8 nitrogen and oxygen atoms in total. The largest absolute Gasteiger partial charge is 0.376 e. The van der Waals surface area contributed by atoms with Crippen LogP contribution in [0.5, 0.6) is 0 Å². The molecule has 2 rings (SSSR count). The first-order valence-electron chi connectivity index (χ1n) is 7.57. The van der Waals surface area contributed by atoms with Crippen LogP contribution < -0.4 is 16.0 Å². The summed E-state index contributed by atoms with van der Waals surface area (Å²) in [6.45, 7) is 0. The Morgan fingerprint density at radius 1 is 1.23 bits per heavy atom. The minimum absolute atomic E-state index is 0.0154. The molecule has 0 spiro atoms. The fourth-order valence-corrected chi connectivity index (χ4v) is 3.04. The van der Waals surface area contributed by atoms with Crippen molar-refractivity contribution in [2.45, 2.75) is 4.90 Å². The number of nitro benzene ring substituents is 1. The topological polar surface area (TPSA) is 119 Å². The van der Waals surface area contributed by atoms with Crippen LogP contribution in [0, 0.1) is 10.1 Å². The Bertz CT molecular complexity index is 854. The summed E-state index contributed by atoms with van der Waals surface area (Å²) in [6.07, 6.45) is 0. The highest BCUT2D eigenvalue weighted by Crippen LogP contribution is 2.30. The van der Waals surface area contributed by atoms with Gasteiger partial charge in [0.2, 0.25) is 11.8 Å². The molecule has 0 aromatic heterocycles. The van der Waals surface area contributed by atoms with Crippen LogP contribution in [-0.4, -0.2) is 36.6 Å². The van der Waals surface area contributed by atoms with Gasteiger partial charge in [0.15, 0.2) is 0 Å². The smallest absolute Gasteiger partial charge is 0.283 e. The monoisotopic (exact) mass is 374 g/mol. The second-order valence-corrected chi connectivity index (χ2v) is 6.57. The average Bonchev–Trinajstić information content (AvgIpc) is 2.59. The van der Waals surface area contributed by atoms with Crippen LogP contribution in [0.4, 0.5) is 17.1 Å². The van der Waals surface area contributed by atoms with Gasteiger partial charge < -0.3 is 16.0 Å². The summed E-state index contributed by atoms with van der Waals surface area (Å²) in [5.74, 6) is -1.06. The molecular weight excluding hydrogens is 356 g/mol. The summed E-state index contributed by atoms with van der Waals surface area (Å²) >= 11 is 1.02. The molecule has 0 aliphatic heterocycles. The minimum atomic E-state index is -0.748. The van der Waals surface area contributed by atoms with Crippen molar-refractivity contribution >= 4 is 40.6 Å². The van der Waals surface area contributed by atoms with Gasteiger partial charge in [0, 0.05) is 25.7 Å². The number of primary amides is 1. The number of amides is 2. The Balaban J connectivity index is 2.10. The number of carbonyl (C=O) groups is 2. The molecule has 0 heterocycles. The third-order valence-corrected chi connectivity index (χ3v) is 4.52. The third kappa shape index (κ3) is 4.73. The number of thioether (sulfide) groups is 1. The maximum absolute atomic E-state index is 12.2. The van der Waals surface area contributed by atoms with Crippen LogP contribution in [-0.2, 0) is 4.79 Å². The van der Waals surface area contributed by atoms with Crippen molar-refractivity contribution in [3.8, 4) is 0 Å². The van der Waals surface area contributed by atoms with Gasteiger partial charge in [0.25, 0.3) is 5.69 Å². The maximum atomic E-state index is 12.2. The van der Waals surface area contributed by atoms with Crippen molar-refractivity contribution in [3.63, 3.8) is 0 Å². The molecule has 0 aliphatic rings. The Hall–Kier alpha value is -3.07. The van der Waals surface area contributed by atoms with Crippen LogP contribution in [0.1, 0.15) is 10.4 Å². The zero-order valence-corrected chi connectivity index (χ0v) is 15.1. The number of nitrogens with one attached hydrogen (secondary N) is 1. The van der Waals surface area contributed by atoms with Gasteiger partial charge in [-0.05, 0) is 24.3 Å². The van der Waals surface area contributed by atoms with E-state index in [0.717, 1.165) is 23.5 Å². The summed E-state index contributed by atoms with van der Waals surface area (Å²) in [5.41, 5.74) is 6.44. The first kappa shape index (κ1) is 19.3. The van der Waals surface area contributed by atoms with Gasteiger partial charge >= 0.3 is 0 Å².